The molecular formula is C16H16F6N4O2S. The van der Waals surface area contributed by atoms with E-state index in [9.17, 15) is 26.3 Å². The lowest BCUT2D eigenvalue weighted by atomic mass is 10.1. The van der Waals surface area contributed by atoms with Crippen molar-refractivity contribution in [1.29, 1.82) is 0 Å². The van der Waals surface area contributed by atoms with Crippen LogP contribution in [0.25, 0.3) is 0 Å². The van der Waals surface area contributed by atoms with Crippen LogP contribution in [0.2, 0.25) is 0 Å². The van der Waals surface area contributed by atoms with Gasteiger partial charge in [0.05, 0.1) is 19.9 Å². The Morgan fingerprint density at radius 2 is 1.97 bits per heavy atom. The van der Waals surface area contributed by atoms with E-state index in [2.05, 4.69) is 15.3 Å². The minimum Gasteiger partial charge on any atom is -0.496 e. The first-order valence-corrected chi connectivity index (χ1v) is 9.14. The molecule has 1 aromatic heterocycles. The van der Waals surface area contributed by atoms with Crippen molar-refractivity contribution in [3.63, 3.8) is 0 Å². The van der Waals surface area contributed by atoms with Crippen molar-refractivity contribution >= 4 is 18.0 Å². The fourth-order valence-corrected chi connectivity index (χ4v) is 2.56. The number of ether oxygens (including phenoxy) is 2. The van der Waals surface area contributed by atoms with E-state index < -0.39 is 37.8 Å². The molecule has 1 heterocycles. The molecule has 160 valence electrons. The maximum absolute atomic E-state index is 13.0. The average Bonchev–Trinajstić information content (AvgIpc) is 3.09. The standard InChI is InChI=1S/C16H16F6N4O2S/c1-27-11-4-3-9(5-10(11)7-28-8-16(21,22)14(19)20)6-23-26-13(12(17)18)24-25-15(26)29-2/h3-6,12,14H,7-8H2,1-2H3. The largest absolute Gasteiger partial charge is 0.496 e. The third kappa shape index (κ3) is 5.85. The number of thioether (sulfide) groups is 1. The number of methoxy groups -OCH3 is 1. The number of hydrogen-bond donors (Lipinski definition) is 0. The topological polar surface area (TPSA) is 61.5 Å². The van der Waals surface area contributed by atoms with Crippen molar-refractivity contribution in [1.82, 2.24) is 14.9 Å². The lowest BCUT2D eigenvalue weighted by molar-refractivity contribution is -0.168. The van der Waals surface area contributed by atoms with Crippen molar-refractivity contribution in [3.05, 3.63) is 35.2 Å². The maximum atomic E-state index is 13.0. The van der Waals surface area contributed by atoms with Crippen LogP contribution < -0.4 is 4.74 Å². The highest BCUT2D eigenvalue weighted by atomic mass is 32.2. The quantitative estimate of drug-likeness (QED) is 0.313. The third-order valence-electron chi connectivity index (χ3n) is 3.51. The zero-order valence-electron chi connectivity index (χ0n) is 15.2. The van der Waals surface area contributed by atoms with Crippen LogP contribution in [0, 0.1) is 0 Å². The molecule has 0 atom stereocenters. The molecule has 0 radical (unpaired) electrons. The van der Waals surface area contributed by atoms with Crippen molar-refractivity contribution in [2.45, 2.75) is 30.5 Å². The van der Waals surface area contributed by atoms with Gasteiger partial charge in [0.2, 0.25) is 11.0 Å². The minimum atomic E-state index is -4.28. The van der Waals surface area contributed by atoms with Gasteiger partial charge in [0.1, 0.15) is 12.4 Å². The Hall–Kier alpha value is -2.28. The van der Waals surface area contributed by atoms with Gasteiger partial charge >= 0.3 is 12.3 Å². The van der Waals surface area contributed by atoms with Crippen LogP contribution in [-0.4, -0.2) is 53.4 Å². The summed E-state index contributed by atoms with van der Waals surface area (Å²) >= 11 is 1.06. The molecule has 1 aromatic carbocycles. The number of nitrogens with zero attached hydrogens (tertiary/aromatic N) is 4. The highest BCUT2D eigenvalue weighted by molar-refractivity contribution is 7.98. The van der Waals surface area contributed by atoms with E-state index in [1.54, 1.807) is 6.26 Å². The molecule has 0 fully saturated rings. The Balaban J connectivity index is 2.20. The van der Waals surface area contributed by atoms with Gasteiger partial charge in [-0.2, -0.15) is 18.6 Å². The molecule has 0 spiro atoms. The van der Waals surface area contributed by atoms with Crippen LogP contribution in [0.5, 0.6) is 5.75 Å². The summed E-state index contributed by atoms with van der Waals surface area (Å²) in [6.07, 6.45) is -3.90. The first-order chi connectivity index (χ1) is 13.7. The van der Waals surface area contributed by atoms with E-state index in [1.807, 2.05) is 0 Å². The summed E-state index contributed by atoms with van der Waals surface area (Å²) in [6.45, 7) is -1.90. The number of benzene rings is 1. The Morgan fingerprint density at radius 3 is 2.55 bits per heavy atom. The van der Waals surface area contributed by atoms with Gasteiger partial charge in [0.15, 0.2) is 0 Å². The second-order valence-electron chi connectivity index (χ2n) is 5.53. The van der Waals surface area contributed by atoms with Gasteiger partial charge in [-0.25, -0.2) is 17.6 Å². The fourth-order valence-electron chi connectivity index (χ4n) is 2.12. The molecule has 0 N–H and O–H groups in total. The summed E-state index contributed by atoms with van der Waals surface area (Å²) in [5.74, 6) is -4.65. The van der Waals surface area contributed by atoms with Crippen LogP contribution in [0.3, 0.4) is 0 Å². The highest BCUT2D eigenvalue weighted by Crippen LogP contribution is 2.26. The molecule has 6 nitrogen and oxygen atoms in total. The van der Waals surface area contributed by atoms with Gasteiger partial charge in [0.25, 0.3) is 6.43 Å². The molecule has 0 aliphatic carbocycles. The van der Waals surface area contributed by atoms with Crippen LogP contribution >= 0.6 is 11.8 Å². The summed E-state index contributed by atoms with van der Waals surface area (Å²) in [4.78, 5) is 0. The Bertz CT molecular complexity index is 847. The number of aromatic nitrogens is 3. The average molecular weight is 442 g/mol. The predicted molar refractivity (Wildman–Crippen MR) is 93.4 cm³/mol. The Labute approximate surface area is 165 Å². The third-order valence-corrected chi connectivity index (χ3v) is 4.13. The monoisotopic (exact) mass is 442 g/mol. The van der Waals surface area contributed by atoms with Crippen molar-refractivity contribution in [3.8, 4) is 5.75 Å². The van der Waals surface area contributed by atoms with E-state index in [4.69, 9.17) is 9.47 Å². The molecule has 2 rings (SSSR count). The van der Waals surface area contributed by atoms with Crippen LogP contribution in [-0.2, 0) is 11.3 Å². The molecule has 0 aliphatic rings. The summed E-state index contributed by atoms with van der Waals surface area (Å²) in [5, 5.41) is 11.1. The molecule has 0 aliphatic heterocycles. The molecule has 29 heavy (non-hydrogen) atoms. The fraction of sp³-hybridized carbons (Fsp3) is 0.438. The van der Waals surface area contributed by atoms with Crippen molar-refractivity contribution in [2.24, 2.45) is 5.10 Å². The molecular weight excluding hydrogens is 426 g/mol. The Morgan fingerprint density at radius 1 is 1.24 bits per heavy atom. The number of halogens is 6. The first-order valence-electron chi connectivity index (χ1n) is 7.92. The van der Waals surface area contributed by atoms with E-state index in [-0.39, 0.29) is 16.5 Å². The first kappa shape index (κ1) is 23.0. The summed E-state index contributed by atoms with van der Waals surface area (Å²) < 4.78 is 87.0. The molecule has 2 aromatic rings. The number of rotatable bonds is 10. The molecule has 0 saturated carbocycles. The van der Waals surface area contributed by atoms with Crippen LogP contribution in [0.15, 0.2) is 28.5 Å². The smallest absolute Gasteiger partial charge is 0.330 e. The van der Waals surface area contributed by atoms with Crippen molar-refractivity contribution in [2.75, 3.05) is 20.0 Å². The van der Waals surface area contributed by atoms with Gasteiger partial charge < -0.3 is 9.47 Å². The number of hydrogen-bond acceptors (Lipinski definition) is 6. The second-order valence-corrected chi connectivity index (χ2v) is 6.30. The zero-order valence-corrected chi connectivity index (χ0v) is 16.0. The van der Waals surface area contributed by atoms with E-state index in [0.29, 0.717) is 5.56 Å². The van der Waals surface area contributed by atoms with Gasteiger partial charge in [-0.1, -0.05) is 11.8 Å². The van der Waals surface area contributed by atoms with Gasteiger partial charge in [-0.15, -0.1) is 10.2 Å². The van der Waals surface area contributed by atoms with E-state index in [0.717, 1.165) is 16.4 Å². The Kier molecular flexibility index (Phi) is 7.90. The van der Waals surface area contributed by atoms with Gasteiger partial charge in [-0.05, 0) is 30.0 Å². The predicted octanol–water partition coefficient (Wildman–Crippen LogP) is 4.25. The summed E-state index contributed by atoms with van der Waals surface area (Å²) in [7, 11) is 1.33. The molecule has 13 heteroatoms. The molecule has 0 unspecified atom stereocenters. The zero-order chi connectivity index (χ0) is 21.6. The van der Waals surface area contributed by atoms with Crippen molar-refractivity contribution < 1.29 is 35.8 Å². The normalized spacial score (nSPS) is 12.5. The minimum absolute atomic E-state index is 0.142. The van der Waals surface area contributed by atoms with E-state index >= 15 is 0 Å². The van der Waals surface area contributed by atoms with Crippen LogP contribution in [0.1, 0.15) is 23.4 Å². The van der Waals surface area contributed by atoms with Gasteiger partial charge in [-0.3, -0.25) is 0 Å². The number of alkyl halides is 6. The summed E-state index contributed by atoms with van der Waals surface area (Å²) in [5.41, 5.74) is 0.676. The highest BCUT2D eigenvalue weighted by Gasteiger charge is 2.41. The lowest BCUT2D eigenvalue weighted by Gasteiger charge is -2.16. The van der Waals surface area contributed by atoms with E-state index in [1.165, 1.54) is 31.5 Å². The van der Waals surface area contributed by atoms with Gasteiger partial charge in [0, 0.05) is 5.56 Å². The maximum Gasteiger partial charge on any atom is 0.330 e. The molecule has 0 saturated heterocycles. The second kappa shape index (κ2) is 9.96. The summed E-state index contributed by atoms with van der Waals surface area (Å²) in [6, 6.07) is 4.44. The lowest BCUT2D eigenvalue weighted by Crippen LogP contribution is -2.32. The SMILES string of the molecule is COc1ccc(C=Nn2c(SC)nnc2C(F)F)cc1COCC(F)(F)C(F)F. The van der Waals surface area contributed by atoms with Crippen LogP contribution in [0.4, 0.5) is 26.3 Å². The molecule has 0 amide bonds. The molecule has 0 bridgehead atoms.